The maximum Gasteiger partial charge on any atom is 0.0594 e. The number of nitrogens with zero attached hydrogens (tertiary/aromatic N) is 1. The van der Waals surface area contributed by atoms with Gasteiger partial charge in [-0.3, -0.25) is 4.90 Å². The number of benzene rings is 1. The minimum Gasteiger partial charge on any atom is -0.379 e. The summed E-state index contributed by atoms with van der Waals surface area (Å²) < 4.78 is 5.38. The number of aryl methyl sites for hydroxylation is 1. The number of rotatable bonds is 4. The SMILES string of the molecule is c1ccc2c(c1)CCCC2NCCN1CCOCC1. The van der Waals surface area contributed by atoms with E-state index >= 15 is 0 Å². The summed E-state index contributed by atoms with van der Waals surface area (Å²) in [6.07, 6.45) is 3.84. The molecule has 19 heavy (non-hydrogen) atoms. The highest BCUT2D eigenvalue weighted by Gasteiger charge is 2.19. The van der Waals surface area contributed by atoms with E-state index in [0.29, 0.717) is 6.04 Å². The van der Waals surface area contributed by atoms with Gasteiger partial charge in [-0.2, -0.15) is 0 Å². The third-order valence-corrected chi connectivity index (χ3v) is 4.29. The molecule has 1 fully saturated rings. The van der Waals surface area contributed by atoms with E-state index in [2.05, 4.69) is 34.5 Å². The molecule has 1 unspecified atom stereocenters. The monoisotopic (exact) mass is 260 g/mol. The van der Waals surface area contributed by atoms with Crippen LogP contribution in [0.4, 0.5) is 0 Å². The molecule has 0 spiro atoms. The molecule has 2 aliphatic rings. The topological polar surface area (TPSA) is 24.5 Å². The van der Waals surface area contributed by atoms with Gasteiger partial charge >= 0.3 is 0 Å². The number of ether oxygens (including phenoxy) is 1. The largest absolute Gasteiger partial charge is 0.379 e. The van der Waals surface area contributed by atoms with Crippen LogP contribution in [-0.2, 0) is 11.2 Å². The van der Waals surface area contributed by atoms with E-state index in [9.17, 15) is 0 Å². The predicted molar refractivity (Wildman–Crippen MR) is 77.4 cm³/mol. The lowest BCUT2D eigenvalue weighted by atomic mass is 9.88. The zero-order valence-electron chi connectivity index (χ0n) is 11.6. The summed E-state index contributed by atoms with van der Waals surface area (Å²) in [5.74, 6) is 0. The van der Waals surface area contributed by atoms with E-state index < -0.39 is 0 Å². The molecule has 1 aliphatic carbocycles. The van der Waals surface area contributed by atoms with Crippen molar-refractivity contribution < 1.29 is 4.74 Å². The Hall–Kier alpha value is -0.900. The smallest absolute Gasteiger partial charge is 0.0594 e. The number of hydrogen-bond acceptors (Lipinski definition) is 3. The molecule has 0 aromatic heterocycles. The second kappa shape index (κ2) is 6.51. The summed E-state index contributed by atoms with van der Waals surface area (Å²) in [5.41, 5.74) is 3.06. The zero-order valence-corrected chi connectivity index (χ0v) is 11.6. The van der Waals surface area contributed by atoms with E-state index in [4.69, 9.17) is 4.74 Å². The lowest BCUT2D eigenvalue weighted by Crippen LogP contribution is -2.41. The molecule has 0 bridgehead atoms. The van der Waals surface area contributed by atoms with Crippen LogP contribution in [0.5, 0.6) is 0 Å². The second-order valence-corrected chi connectivity index (χ2v) is 5.55. The summed E-state index contributed by atoms with van der Waals surface area (Å²) in [5, 5.41) is 3.74. The van der Waals surface area contributed by atoms with Gasteiger partial charge in [-0.15, -0.1) is 0 Å². The van der Waals surface area contributed by atoms with Crippen molar-refractivity contribution in [3.63, 3.8) is 0 Å². The number of morpholine rings is 1. The van der Waals surface area contributed by atoms with Crippen LogP contribution in [0.2, 0.25) is 0 Å². The molecule has 0 amide bonds. The quantitative estimate of drug-likeness (QED) is 0.896. The highest BCUT2D eigenvalue weighted by Crippen LogP contribution is 2.29. The van der Waals surface area contributed by atoms with E-state index in [0.717, 1.165) is 39.4 Å². The van der Waals surface area contributed by atoms with Gasteiger partial charge in [0.05, 0.1) is 13.2 Å². The summed E-state index contributed by atoms with van der Waals surface area (Å²) >= 11 is 0. The third-order valence-electron chi connectivity index (χ3n) is 4.29. The van der Waals surface area contributed by atoms with Gasteiger partial charge in [0.1, 0.15) is 0 Å². The van der Waals surface area contributed by atoms with Crippen LogP contribution in [0.15, 0.2) is 24.3 Å². The van der Waals surface area contributed by atoms with Crippen molar-refractivity contribution in [1.29, 1.82) is 0 Å². The molecule has 0 saturated carbocycles. The first-order chi connectivity index (χ1) is 9.43. The molecule has 1 aliphatic heterocycles. The average molecular weight is 260 g/mol. The molecule has 1 aromatic rings. The van der Waals surface area contributed by atoms with Crippen molar-refractivity contribution in [2.45, 2.75) is 25.3 Å². The molecule has 1 atom stereocenters. The van der Waals surface area contributed by atoms with E-state index in [-0.39, 0.29) is 0 Å². The first-order valence-electron chi connectivity index (χ1n) is 7.55. The number of nitrogens with one attached hydrogen (secondary N) is 1. The molecule has 104 valence electrons. The van der Waals surface area contributed by atoms with E-state index in [1.807, 2.05) is 0 Å². The lowest BCUT2D eigenvalue weighted by molar-refractivity contribution is 0.0380. The maximum atomic E-state index is 5.38. The van der Waals surface area contributed by atoms with Gasteiger partial charge in [-0.25, -0.2) is 0 Å². The van der Waals surface area contributed by atoms with Crippen LogP contribution in [-0.4, -0.2) is 44.3 Å². The highest BCUT2D eigenvalue weighted by molar-refractivity contribution is 5.32. The Kier molecular flexibility index (Phi) is 4.49. The molecular weight excluding hydrogens is 236 g/mol. The van der Waals surface area contributed by atoms with Crippen molar-refractivity contribution >= 4 is 0 Å². The van der Waals surface area contributed by atoms with Crippen molar-refractivity contribution in [2.75, 3.05) is 39.4 Å². The van der Waals surface area contributed by atoms with Gasteiger partial charge in [0.15, 0.2) is 0 Å². The van der Waals surface area contributed by atoms with Crippen LogP contribution < -0.4 is 5.32 Å². The average Bonchev–Trinajstić information content (AvgIpc) is 2.49. The normalized spacial score (nSPS) is 24.1. The van der Waals surface area contributed by atoms with Crippen LogP contribution in [0.1, 0.15) is 30.0 Å². The summed E-state index contributed by atoms with van der Waals surface area (Å²) in [6, 6.07) is 9.47. The van der Waals surface area contributed by atoms with Gasteiger partial charge in [-0.1, -0.05) is 24.3 Å². The minimum absolute atomic E-state index is 0.561. The Balaban J connectivity index is 1.50. The Morgan fingerprint density at radius 1 is 1.21 bits per heavy atom. The van der Waals surface area contributed by atoms with Crippen molar-refractivity contribution in [3.8, 4) is 0 Å². The second-order valence-electron chi connectivity index (χ2n) is 5.55. The van der Waals surface area contributed by atoms with Crippen molar-refractivity contribution in [3.05, 3.63) is 35.4 Å². The maximum absolute atomic E-state index is 5.38. The number of fused-ring (bicyclic) bond motifs is 1. The van der Waals surface area contributed by atoms with Gasteiger partial charge in [0.2, 0.25) is 0 Å². The first kappa shape index (κ1) is 13.1. The Morgan fingerprint density at radius 3 is 2.95 bits per heavy atom. The highest BCUT2D eigenvalue weighted by atomic mass is 16.5. The van der Waals surface area contributed by atoms with E-state index in [1.54, 1.807) is 0 Å². The van der Waals surface area contributed by atoms with Gasteiger partial charge in [-0.05, 0) is 30.4 Å². The van der Waals surface area contributed by atoms with E-state index in [1.165, 1.54) is 30.4 Å². The molecule has 3 nitrogen and oxygen atoms in total. The van der Waals surface area contributed by atoms with Crippen LogP contribution in [0.25, 0.3) is 0 Å². The Bertz CT molecular complexity index is 401. The Labute approximate surface area is 115 Å². The molecule has 0 radical (unpaired) electrons. The van der Waals surface area contributed by atoms with Crippen LogP contribution in [0.3, 0.4) is 0 Å². The minimum atomic E-state index is 0.561. The third kappa shape index (κ3) is 3.35. The Morgan fingerprint density at radius 2 is 2.05 bits per heavy atom. The molecule has 3 heteroatoms. The van der Waals surface area contributed by atoms with Gasteiger partial charge in [0, 0.05) is 32.2 Å². The van der Waals surface area contributed by atoms with Gasteiger partial charge < -0.3 is 10.1 Å². The molecule has 1 heterocycles. The fourth-order valence-corrected chi connectivity index (χ4v) is 3.19. The van der Waals surface area contributed by atoms with Crippen molar-refractivity contribution in [2.24, 2.45) is 0 Å². The zero-order chi connectivity index (χ0) is 12.9. The van der Waals surface area contributed by atoms with Crippen molar-refractivity contribution in [1.82, 2.24) is 10.2 Å². The predicted octanol–water partition coefficient (Wildman–Crippen LogP) is 1.99. The fraction of sp³-hybridized carbons (Fsp3) is 0.625. The lowest BCUT2D eigenvalue weighted by Gasteiger charge is -2.30. The van der Waals surface area contributed by atoms with Crippen LogP contribution in [0, 0.1) is 0 Å². The molecule has 1 saturated heterocycles. The molecular formula is C16H24N2O. The fourth-order valence-electron chi connectivity index (χ4n) is 3.19. The first-order valence-corrected chi connectivity index (χ1v) is 7.55. The summed E-state index contributed by atoms with van der Waals surface area (Å²) in [6.45, 7) is 6.19. The standard InChI is InChI=1S/C16H24N2O/c1-2-6-15-14(4-1)5-3-7-16(15)17-8-9-18-10-12-19-13-11-18/h1-2,4,6,16-17H,3,5,7-13H2. The number of hydrogen-bond donors (Lipinski definition) is 1. The van der Waals surface area contributed by atoms with Crippen LogP contribution >= 0.6 is 0 Å². The summed E-state index contributed by atoms with van der Waals surface area (Å²) in [7, 11) is 0. The molecule has 3 rings (SSSR count). The summed E-state index contributed by atoms with van der Waals surface area (Å²) in [4.78, 5) is 2.49. The molecule has 1 aromatic carbocycles. The van der Waals surface area contributed by atoms with Gasteiger partial charge in [0.25, 0.3) is 0 Å². The molecule has 1 N–H and O–H groups in total.